The molecule has 1 heterocycles. The first kappa shape index (κ1) is 17.4. The van der Waals surface area contributed by atoms with Crippen molar-refractivity contribution in [1.29, 1.82) is 0 Å². The molecule has 2 aromatic carbocycles. The summed E-state index contributed by atoms with van der Waals surface area (Å²) < 4.78 is 5.58. The van der Waals surface area contributed by atoms with Crippen molar-refractivity contribution in [3.05, 3.63) is 58.7 Å². The van der Waals surface area contributed by atoms with E-state index in [1.807, 2.05) is 0 Å². The van der Waals surface area contributed by atoms with Crippen LogP contribution in [0, 0.1) is 0 Å². The van der Waals surface area contributed by atoms with Gasteiger partial charge in [-0.05, 0) is 73.0 Å². The van der Waals surface area contributed by atoms with Gasteiger partial charge in [0.25, 0.3) is 0 Å². The van der Waals surface area contributed by atoms with Crippen LogP contribution < -0.4 is 15.6 Å². The van der Waals surface area contributed by atoms with Gasteiger partial charge in [-0.3, -0.25) is 0 Å². The van der Waals surface area contributed by atoms with Gasteiger partial charge in [0.1, 0.15) is 5.75 Å². The monoisotopic (exact) mass is 351 g/mol. The van der Waals surface area contributed by atoms with Crippen molar-refractivity contribution in [1.82, 2.24) is 10.3 Å². The lowest BCUT2D eigenvalue weighted by Gasteiger charge is -2.30. The molecule has 2 aliphatic rings. The molecule has 0 amide bonds. The van der Waals surface area contributed by atoms with E-state index >= 15 is 0 Å². The van der Waals surface area contributed by atoms with Gasteiger partial charge in [-0.1, -0.05) is 24.3 Å². The highest BCUT2D eigenvalue weighted by molar-refractivity contribution is 5.55. The summed E-state index contributed by atoms with van der Waals surface area (Å²) in [6.45, 7) is 3.13. The smallest absolute Gasteiger partial charge is 0.122 e. The molecule has 2 N–H and O–H groups in total. The van der Waals surface area contributed by atoms with Gasteiger partial charge < -0.3 is 15.1 Å². The van der Waals surface area contributed by atoms with Crippen molar-refractivity contribution < 1.29 is 4.74 Å². The second kappa shape index (κ2) is 7.68. The first-order chi connectivity index (χ1) is 12.7. The van der Waals surface area contributed by atoms with Crippen LogP contribution in [-0.2, 0) is 19.4 Å². The Morgan fingerprint density at radius 2 is 2.15 bits per heavy atom. The molecule has 0 fully saturated rings. The van der Waals surface area contributed by atoms with Gasteiger partial charge in [-0.25, -0.2) is 5.43 Å². The molecule has 1 aliphatic carbocycles. The van der Waals surface area contributed by atoms with Crippen LogP contribution in [0.25, 0.3) is 0 Å². The Morgan fingerprint density at radius 1 is 1.23 bits per heavy atom. The van der Waals surface area contributed by atoms with Crippen LogP contribution in [0.2, 0.25) is 0 Å². The Labute approximate surface area is 156 Å². The van der Waals surface area contributed by atoms with Gasteiger partial charge in [-0.2, -0.15) is 0 Å². The number of hydrogen-bond donors (Lipinski definition) is 2. The number of rotatable bonds is 6. The van der Waals surface area contributed by atoms with E-state index in [9.17, 15) is 0 Å². The van der Waals surface area contributed by atoms with E-state index in [1.165, 1.54) is 40.8 Å². The van der Waals surface area contributed by atoms with Crippen molar-refractivity contribution in [2.24, 2.45) is 0 Å². The number of likely N-dealkylation sites (N-methyl/N-ethyl adjacent to an activating group) is 1. The third-order valence-electron chi connectivity index (χ3n) is 5.79. The number of fused-ring (bicyclic) bond motifs is 2. The van der Waals surface area contributed by atoms with E-state index in [0.29, 0.717) is 5.92 Å². The average molecular weight is 351 g/mol. The van der Waals surface area contributed by atoms with E-state index in [-0.39, 0.29) is 0 Å². The van der Waals surface area contributed by atoms with Crippen LogP contribution in [0.3, 0.4) is 0 Å². The van der Waals surface area contributed by atoms with Crippen LogP contribution in [-0.4, -0.2) is 32.1 Å². The molecule has 138 valence electrons. The molecule has 0 radical (unpaired) electrons. The zero-order chi connectivity index (χ0) is 17.9. The number of hydrazine groups is 1. The van der Waals surface area contributed by atoms with Crippen LogP contribution in [0.4, 0.5) is 5.69 Å². The molecule has 0 saturated heterocycles. The van der Waals surface area contributed by atoms with E-state index in [4.69, 9.17) is 4.74 Å². The molecule has 0 bridgehead atoms. The van der Waals surface area contributed by atoms with Crippen molar-refractivity contribution >= 4 is 5.69 Å². The maximum absolute atomic E-state index is 5.58. The molecule has 0 spiro atoms. The Morgan fingerprint density at radius 3 is 3.04 bits per heavy atom. The summed E-state index contributed by atoms with van der Waals surface area (Å²) in [7, 11) is 4.04. The van der Waals surface area contributed by atoms with Gasteiger partial charge >= 0.3 is 0 Å². The third kappa shape index (κ3) is 3.57. The molecule has 26 heavy (non-hydrogen) atoms. The lowest BCUT2D eigenvalue weighted by molar-refractivity contribution is 0.299. The summed E-state index contributed by atoms with van der Waals surface area (Å²) in [6, 6.07) is 13.3. The third-order valence-corrected chi connectivity index (χ3v) is 5.79. The Hall–Kier alpha value is -2.04. The van der Waals surface area contributed by atoms with Crippen LogP contribution in [0.15, 0.2) is 36.4 Å². The first-order valence-electron chi connectivity index (χ1n) is 9.69. The molecule has 4 nitrogen and oxygen atoms in total. The standard InChI is InChI=1S/C22H29N3O/c1-25(12-11-16-9-10-21-18(13-16)14-23-24-21)15-17-5-3-7-20-19(17)6-4-8-22(20)26-2/h4,6,8-10,13,17,23-24H,3,5,7,11-12,14-15H2,1-2H3. The van der Waals surface area contributed by atoms with Crippen molar-refractivity contribution in [2.75, 3.05) is 32.7 Å². The number of nitrogens with one attached hydrogen (secondary N) is 2. The number of hydrogen-bond acceptors (Lipinski definition) is 4. The highest BCUT2D eigenvalue weighted by atomic mass is 16.5. The lowest BCUT2D eigenvalue weighted by Crippen LogP contribution is -2.28. The summed E-state index contributed by atoms with van der Waals surface area (Å²) in [5, 5.41) is 0. The summed E-state index contributed by atoms with van der Waals surface area (Å²) in [4.78, 5) is 2.49. The molecule has 2 aromatic rings. The fourth-order valence-electron chi connectivity index (χ4n) is 4.39. The van der Waals surface area contributed by atoms with Crippen molar-refractivity contribution in [3.8, 4) is 5.75 Å². The molecule has 0 aromatic heterocycles. The molecule has 4 rings (SSSR count). The van der Waals surface area contributed by atoms with Crippen molar-refractivity contribution in [2.45, 2.75) is 38.1 Å². The number of nitrogens with zero attached hydrogens (tertiary/aromatic N) is 1. The fourth-order valence-corrected chi connectivity index (χ4v) is 4.39. The first-order valence-corrected chi connectivity index (χ1v) is 9.69. The predicted molar refractivity (Wildman–Crippen MR) is 107 cm³/mol. The SMILES string of the molecule is COc1cccc2c1CCCC2CN(C)CCc1ccc2c(c1)CNN2. The largest absolute Gasteiger partial charge is 0.496 e. The van der Waals surface area contributed by atoms with Crippen LogP contribution in [0.5, 0.6) is 5.75 Å². The minimum Gasteiger partial charge on any atom is -0.496 e. The second-order valence-corrected chi connectivity index (χ2v) is 7.60. The van der Waals surface area contributed by atoms with Gasteiger partial charge in [0.2, 0.25) is 0 Å². The van der Waals surface area contributed by atoms with Gasteiger partial charge in [-0.15, -0.1) is 0 Å². The van der Waals surface area contributed by atoms with Crippen LogP contribution >= 0.6 is 0 Å². The van der Waals surface area contributed by atoms with E-state index in [1.54, 1.807) is 7.11 Å². The molecule has 0 saturated carbocycles. The summed E-state index contributed by atoms with van der Waals surface area (Å²) in [5.74, 6) is 1.68. The zero-order valence-corrected chi connectivity index (χ0v) is 15.8. The lowest BCUT2D eigenvalue weighted by atomic mass is 9.82. The van der Waals surface area contributed by atoms with Gasteiger partial charge in [0.15, 0.2) is 0 Å². The summed E-state index contributed by atoms with van der Waals surface area (Å²) in [6.07, 6.45) is 4.79. The minimum atomic E-state index is 0.618. The van der Waals surface area contributed by atoms with E-state index < -0.39 is 0 Å². The van der Waals surface area contributed by atoms with Gasteiger partial charge in [0, 0.05) is 19.6 Å². The zero-order valence-electron chi connectivity index (χ0n) is 15.8. The quantitative estimate of drug-likeness (QED) is 0.832. The van der Waals surface area contributed by atoms with E-state index in [2.05, 4.69) is 59.2 Å². The Bertz CT molecular complexity index is 774. The highest BCUT2D eigenvalue weighted by Crippen LogP contribution is 2.36. The van der Waals surface area contributed by atoms with Crippen molar-refractivity contribution in [3.63, 3.8) is 0 Å². The summed E-state index contributed by atoms with van der Waals surface area (Å²) in [5.41, 5.74) is 13.3. The predicted octanol–water partition coefficient (Wildman–Crippen LogP) is 3.72. The number of anilines is 1. The highest BCUT2D eigenvalue weighted by Gasteiger charge is 2.23. The summed E-state index contributed by atoms with van der Waals surface area (Å²) >= 11 is 0. The molecule has 1 atom stereocenters. The second-order valence-electron chi connectivity index (χ2n) is 7.60. The Balaban J connectivity index is 1.38. The average Bonchev–Trinajstić information content (AvgIpc) is 3.14. The number of methoxy groups -OCH3 is 1. The normalized spacial score (nSPS) is 18.3. The molecule has 4 heteroatoms. The van der Waals surface area contributed by atoms with Crippen LogP contribution in [0.1, 0.15) is 41.0 Å². The fraction of sp³-hybridized carbons (Fsp3) is 0.455. The number of ether oxygens (including phenoxy) is 1. The minimum absolute atomic E-state index is 0.618. The molecular weight excluding hydrogens is 322 g/mol. The number of benzene rings is 2. The van der Waals surface area contributed by atoms with E-state index in [0.717, 1.165) is 38.2 Å². The maximum atomic E-state index is 5.58. The Kier molecular flexibility index (Phi) is 5.14. The molecular formula is C22H29N3O. The topological polar surface area (TPSA) is 36.5 Å². The molecule has 1 unspecified atom stereocenters. The van der Waals surface area contributed by atoms with Gasteiger partial charge in [0.05, 0.1) is 12.8 Å². The maximum Gasteiger partial charge on any atom is 0.122 e. The molecule has 1 aliphatic heterocycles.